The van der Waals surface area contributed by atoms with E-state index in [1.54, 1.807) is 20.8 Å². The normalized spacial score (nSPS) is 43.9. The standard InChI is InChI=1S/C19H28O8.2H2O/c1-8(2)16(21)26-15-13-12(10(4)17(22)25-13)14(20)19(24)9(3)6-11(27-19)7-18(15,5)23;;/h8-9,11-15,20,23-24H,4,6-7H2,1-3,5H3;2*1H2/t9-,11+,12+,13+,14-,15-,18+,19-;;/m1../s1. The molecule has 0 unspecified atom stereocenters. The van der Waals surface area contributed by atoms with Crippen LogP contribution in [0.2, 0.25) is 0 Å². The lowest BCUT2D eigenvalue weighted by molar-refractivity contribution is -0.272. The van der Waals surface area contributed by atoms with Crippen LogP contribution in [0.15, 0.2) is 12.2 Å². The molecule has 0 aromatic heterocycles. The first-order valence-corrected chi connectivity index (χ1v) is 9.29. The predicted molar refractivity (Wildman–Crippen MR) is 99.3 cm³/mol. The molecule has 3 aliphatic rings. The molecule has 0 radical (unpaired) electrons. The fraction of sp³-hybridized carbons (Fsp3) is 0.789. The fourth-order valence-corrected chi connectivity index (χ4v) is 4.35. The predicted octanol–water partition coefficient (Wildman–Crippen LogP) is -1.37. The molecule has 10 heteroatoms. The maximum absolute atomic E-state index is 12.3. The summed E-state index contributed by atoms with van der Waals surface area (Å²) in [6.07, 6.45) is -4.08. The third kappa shape index (κ3) is 4.05. The Balaban J connectivity index is 0.00000210. The SMILES string of the molecule is C=C1C(=O)O[C@H]2[C@H]1[C@@H](O)[C@]1(O)O[C@@H](C[C@H]1C)C[C@](C)(O)[C@@H]2OC(=O)C(C)C.O.O. The van der Waals surface area contributed by atoms with Gasteiger partial charge in [-0.15, -0.1) is 0 Å². The molecule has 3 heterocycles. The topological polar surface area (TPSA) is 186 Å². The van der Waals surface area contributed by atoms with Crippen LogP contribution in [-0.2, 0) is 23.8 Å². The average molecular weight is 420 g/mol. The summed E-state index contributed by atoms with van der Waals surface area (Å²) in [4.78, 5) is 24.4. The Morgan fingerprint density at radius 1 is 1.31 bits per heavy atom. The summed E-state index contributed by atoms with van der Waals surface area (Å²) in [5, 5.41) is 33.1. The molecule has 0 amide bonds. The Hall–Kier alpha value is -1.56. The highest BCUT2D eigenvalue weighted by Crippen LogP contribution is 2.48. The van der Waals surface area contributed by atoms with Crippen molar-refractivity contribution >= 4 is 11.9 Å². The minimum Gasteiger partial charge on any atom is -0.455 e. The van der Waals surface area contributed by atoms with Crippen LogP contribution in [0.1, 0.15) is 40.5 Å². The smallest absolute Gasteiger partial charge is 0.334 e. The van der Waals surface area contributed by atoms with Gasteiger partial charge in [0.15, 0.2) is 18.0 Å². The van der Waals surface area contributed by atoms with Crippen LogP contribution in [0.4, 0.5) is 0 Å². The molecular weight excluding hydrogens is 388 g/mol. The highest BCUT2D eigenvalue weighted by Gasteiger charge is 2.63. The van der Waals surface area contributed by atoms with Crippen molar-refractivity contribution in [3.63, 3.8) is 0 Å². The monoisotopic (exact) mass is 420 g/mol. The van der Waals surface area contributed by atoms with Gasteiger partial charge in [-0.25, -0.2) is 4.79 Å². The van der Waals surface area contributed by atoms with E-state index in [0.717, 1.165) is 0 Å². The summed E-state index contributed by atoms with van der Waals surface area (Å²) in [5.74, 6) is -5.24. The van der Waals surface area contributed by atoms with Crippen LogP contribution in [0.25, 0.3) is 0 Å². The Bertz CT molecular complexity index is 659. The van der Waals surface area contributed by atoms with Gasteiger partial charge in [-0.3, -0.25) is 4.79 Å². The summed E-state index contributed by atoms with van der Waals surface area (Å²) < 4.78 is 16.6. The number of carbonyl (C=O) groups is 2. The molecular formula is C19H32O10. The molecule has 3 aliphatic heterocycles. The van der Waals surface area contributed by atoms with E-state index in [4.69, 9.17) is 14.2 Å². The van der Waals surface area contributed by atoms with E-state index >= 15 is 0 Å². The molecule has 29 heavy (non-hydrogen) atoms. The molecule has 7 N–H and O–H groups in total. The van der Waals surface area contributed by atoms with Gasteiger partial charge in [0.1, 0.15) is 11.7 Å². The van der Waals surface area contributed by atoms with Crippen LogP contribution in [0.5, 0.6) is 0 Å². The molecule has 3 saturated heterocycles. The third-order valence-corrected chi connectivity index (χ3v) is 5.97. The van der Waals surface area contributed by atoms with Gasteiger partial charge < -0.3 is 40.5 Å². The maximum Gasteiger partial charge on any atom is 0.334 e. The average Bonchev–Trinajstić information content (AvgIpc) is 3.00. The van der Waals surface area contributed by atoms with Crippen molar-refractivity contribution in [2.45, 2.75) is 76.3 Å². The number of fused-ring (bicyclic) bond motifs is 3. The third-order valence-electron chi connectivity index (χ3n) is 5.97. The summed E-state index contributed by atoms with van der Waals surface area (Å²) in [7, 11) is 0. The summed E-state index contributed by atoms with van der Waals surface area (Å²) in [6, 6.07) is 0. The van der Waals surface area contributed by atoms with Crippen LogP contribution in [0.3, 0.4) is 0 Å². The molecule has 0 aliphatic carbocycles. The molecule has 3 fully saturated rings. The number of aliphatic hydroxyl groups is 3. The van der Waals surface area contributed by atoms with E-state index in [1.807, 2.05) is 0 Å². The van der Waals surface area contributed by atoms with E-state index < -0.39 is 65.5 Å². The van der Waals surface area contributed by atoms with Crippen molar-refractivity contribution in [3.8, 4) is 0 Å². The van der Waals surface area contributed by atoms with Gasteiger partial charge in [0.2, 0.25) is 0 Å². The number of hydrogen-bond donors (Lipinski definition) is 3. The van der Waals surface area contributed by atoms with Crippen LogP contribution in [0, 0.1) is 17.8 Å². The Morgan fingerprint density at radius 3 is 2.45 bits per heavy atom. The number of esters is 2. The van der Waals surface area contributed by atoms with Gasteiger partial charge >= 0.3 is 11.9 Å². The molecule has 0 spiro atoms. The van der Waals surface area contributed by atoms with Crippen molar-refractivity contribution in [2.75, 3.05) is 0 Å². The van der Waals surface area contributed by atoms with E-state index in [9.17, 15) is 24.9 Å². The Labute approximate surface area is 169 Å². The van der Waals surface area contributed by atoms with Crippen molar-refractivity contribution < 1.29 is 50.1 Å². The Morgan fingerprint density at radius 2 is 1.90 bits per heavy atom. The number of hydrogen-bond acceptors (Lipinski definition) is 8. The number of rotatable bonds is 2. The number of ether oxygens (including phenoxy) is 3. The largest absolute Gasteiger partial charge is 0.455 e. The molecule has 0 saturated carbocycles. The molecule has 0 aromatic rings. The summed E-state index contributed by atoms with van der Waals surface area (Å²) in [5.41, 5.74) is -1.67. The zero-order valence-corrected chi connectivity index (χ0v) is 17.0. The van der Waals surface area contributed by atoms with Gasteiger partial charge in [-0.2, -0.15) is 0 Å². The first-order chi connectivity index (χ1) is 12.4. The lowest BCUT2D eigenvalue weighted by Gasteiger charge is -2.40. The van der Waals surface area contributed by atoms with Gasteiger partial charge in [0, 0.05) is 17.9 Å². The zero-order valence-electron chi connectivity index (χ0n) is 17.0. The Kier molecular flexibility index (Phi) is 7.28. The van der Waals surface area contributed by atoms with Gasteiger partial charge in [-0.1, -0.05) is 27.4 Å². The second-order valence-corrected chi connectivity index (χ2v) is 8.57. The minimum absolute atomic E-state index is 0. The van der Waals surface area contributed by atoms with Gasteiger partial charge in [0.05, 0.1) is 17.9 Å². The minimum atomic E-state index is -1.92. The lowest BCUT2D eigenvalue weighted by atomic mass is 9.75. The summed E-state index contributed by atoms with van der Waals surface area (Å²) in [6.45, 7) is 10.2. The molecule has 8 atom stereocenters. The lowest BCUT2D eigenvalue weighted by Crippen LogP contribution is -2.57. The van der Waals surface area contributed by atoms with Crippen molar-refractivity contribution in [1.82, 2.24) is 0 Å². The van der Waals surface area contributed by atoms with Crippen molar-refractivity contribution in [2.24, 2.45) is 17.8 Å². The van der Waals surface area contributed by atoms with Crippen LogP contribution < -0.4 is 0 Å². The molecule has 168 valence electrons. The van der Waals surface area contributed by atoms with Gasteiger partial charge in [0.25, 0.3) is 0 Å². The second kappa shape index (κ2) is 8.29. The van der Waals surface area contributed by atoms with Crippen molar-refractivity contribution in [1.29, 1.82) is 0 Å². The summed E-state index contributed by atoms with van der Waals surface area (Å²) >= 11 is 0. The second-order valence-electron chi connectivity index (χ2n) is 8.57. The van der Waals surface area contributed by atoms with E-state index in [-0.39, 0.29) is 22.9 Å². The van der Waals surface area contributed by atoms with E-state index in [1.165, 1.54) is 6.92 Å². The molecule has 2 bridgehead atoms. The number of carbonyl (C=O) groups excluding carboxylic acids is 2. The highest BCUT2D eigenvalue weighted by atomic mass is 16.7. The van der Waals surface area contributed by atoms with E-state index in [0.29, 0.717) is 6.42 Å². The molecule has 0 aromatic carbocycles. The molecule has 10 nitrogen and oxygen atoms in total. The van der Waals surface area contributed by atoms with Gasteiger partial charge in [-0.05, 0) is 13.3 Å². The van der Waals surface area contributed by atoms with E-state index in [2.05, 4.69) is 6.58 Å². The fourth-order valence-electron chi connectivity index (χ4n) is 4.35. The first-order valence-electron chi connectivity index (χ1n) is 9.29. The molecule has 3 rings (SSSR count). The first kappa shape index (κ1) is 25.5. The highest BCUT2D eigenvalue weighted by molar-refractivity contribution is 5.91. The van der Waals surface area contributed by atoms with Crippen LogP contribution in [-0.4, -0.2) is 74.0 Å². The van der Waals surface area contributed by atoms with Crippen LogP contribution >= 0.6 is 0 Å². The quantitative estimate of drug-likeness (QED) is 0.360. The van der Waals surface area contributed by atoms with Crippen molar-refractivity contribution in [3.05, 3.63) is 12.2 Å². The number of aliphatic hydroxyl groups excluding tert-OH is 1. The maximum atomic E-state index is 12.3. The zero-order chi connectivity index (χ0) is 20.3.